The number of aliphatic carboxylic acids is 1. The largest absolute Gasteiger partial charge is 0.480 e. The fourth-order valence-electron chi connectivity index (χ4n) is 1.37. The van der Waals surface area contributed by atoms with Gasteiger partial charge in [0.15, 0.2) is 0 Å². The molecule has 0 fully saturated rings. The number of carboxylic acid groups (broad SMARTS) is 1. The predicted molar refractivity (Wildman–Crippen MR) is 73.4 cm³/mol. The lowest BCUT2D eigenvalue weighted by Crippen LogP contribution is -2.32. The Morgan fingerprint density at radius 2 is 2.10 bits per heavy atom. The van der Waals surface area contributed by atoms with E-state index >= 15 is 0 Å². The van der Waals surface area contributed by atoms with Gasteiger partial charge in [-0.3, -0.25) is 10.1 Å². The van der Waals surface area contributed by atoms with Crippen LogP contribution in [0.25, 0.3) is 0 Å². The molecule has 7 nitrogen and oxygen atoms in total. The highest BCUT2D eigenvalue weighted by Gasteiger charge is 2.17. The van der Waals surface area contributed by atoms with Crippen LogP contribution in [0.3, 0.4) is 0 Å². The summed E-state index contributed by atoms with van der Waals surface area (Å²) in [6.45, 7) is 5.28. The predicted octanol–water partition coefficient (Wildman–Crippen LogP) is 1.38. The first-order valence-corrected chi connectivity index (χ1v) is 6.11. The molecule has 0 saturated heterocycles. The maximum Gasteiger partial charge on any atom is 0.413 e. The molecule has 4 N–H and O–H groups in total. The number of hydrogen-bond acceptors (Lipinski definition) is 5. The molecule has 0 aliphatic rings. The van der Waals surface area contributed by atoms with E-state index in [1.54, 1.807) is 32.9 Å². The number of nitrogens with one attached hydrogen (secondary N) is 1. The zero-order valence-electron chi connectivity index (χ0n) is 11.7. The number of carbonyl (C=O) groups is 2. The number of rotatable bonds is 4. The van der Waals surface area contributed by atoms with Gasteiger partial charge in [-0.25, -0.2) is 9.78 Å². The Hall–Kier alpha value is -2.15. The van der Waals surface area contributed by atoms with Crippen LogP contribution in [0.1, 0.15) is 26.3 Å². The van der Waals surface area contributed by atoms with Crippen LogP contribution in [0.15, 0.2) is 18.3 Å². The Morgan fingerprint density at radius 3 is 2.55 bits per heavy atom. The smallest absolute Gasteiger partial charge is 0.413 e. The number of amides is 1. The molecule has 1 atom stereocenters. The van der Waals surface area contributed by atoms with E-state index in [1.165, 1.54) is 6.20 Å². The van der Waals surface area contributed by atoms with Crippen LogP contribution in [0.4, 0.5) is 10.6 Å². The van der Waals surface area contributed by atoms with E-state index in [0.29, 0.717) is 11.4 Å². The highest BCUT2D eigenvalue weighted by atomic mass is 16.6. The molecular weight excluding hydrogens is 262 g/mol. The Balaban J connectivity index is 2.59. The molecular formula is C13H19N3O4. The van der Waals surface area contributed by atoms with Crippen molar-refractivity contribution in [3.63, 3.8) is 0 Å². The molecule has 0 bridgehead atoms. The van der Waals surface area contributed by atoms with Gasteiger partial charge in [-0.05, 0) is 38.8 Å². The van der Waals surface area contributed by atoms with Crippen molar-refractivity contribution in [2.45, 2.75) is 38.8 Å². The summed E-state index contributed by atoms with van der Waals surface area (Å²) < 4.78 is 5.08. The number of hydrogen-bond donors (Lipinski definition) is 3. The zero-order valence-corrected chi connectivity index (χ0v) is 11.7. The van der Waals surface area contributed by atoms with E-state index in [2.05, 4.69) is 10.3 Å². The second-order valence-corrected chi connectivity index (χ2v) is 5.33. The lowest BCUT2D eigenvalue weighted by Gasteiger charge is -2.19. The van der Waals surface area contributed by atoms with Gasteiger partial charge in [-0.2, -0.15) is 0 Å². The van der Waals surface area contributed by atoms with Crippen LogP contribution in [-0.4, -0.2) is 33.8 Å². The van der Waals surface area contributed by atoms with Gasteiger partial charge in [0, 0.05) is 6.20 Å². The Labute approximate surface area is 117 Å². The summed E-state index contributed by atoms with van der Waals surface area (Å²) in [6.07, 6.45) is 1.05. The van der Waals surface area contributed by atoms with E-state index in [0.717, 1.165) is 0 Å². The second-order valence-electron chi connectivity index (χ2n) is 5.33. The van der Waals surface area contributed by atoms with Gasteiger partial charge in [0.05, 0.1) is 0 Å². The van der Waals surface area contributed by atoms with Gasteiger partial charge in [0.25, 0.3) is 0 Å². The minimum atomic E-state index is -1.07. The van der Waals surface area contributed by atoms with E-state index in [9.17, 15) is 9.59 Å². The minimum absolute atomic E-state index is 0.176. The third-order valence-corrected chi connectivity index (χ3v) is 2.23. The number of carboxylic acids is 1. The van der Waals surface area contributed by atoms with Gasteiger partial charge in [-0.1, -0.05) is 6.07 Å². The van der Waals surface area contributed by atoms with Crippen molar-refractivity contribution in [1.82, 2.24) is 4.98 Å². The number of aromatic nitrogens is 1. The molecule has 110 valence electrons. The molecule has 0 spiro atoms. The molecule has 0 aliphatic carbocycles. The highest BCUT2D eigenvalue weighted by molar-refractivity contribution is 5.83. The lowest BCUT2D eigenvalue weighted by molar-refractivity contribution is -0.138. The first-order chi connectivity index (χ1) is 9.17. The van der Waals surface area contributed by atoms with E-state index in [-0.39, 0.29) is 6.42 Å². The van der Waals surface area contributed by atoms with E-state index < -0.39 is 23.7 Å². The Kier molecular flexibility index (Phi) is 5.04. The summed E-state index contributed by atoms with van der Waals surface area (Å²) in [7, 11) is 0. The summed E-state index contributed by atoms with van der Waals surface area (Å²) in [4.78, 5) is 26.1. The van der Waals surface area contributed by atoms with Gasteiger partial charge < -0.3 is 15.6 Å². The first-order valence-electron chi connectivity index (χ1n) is 6.11. The maximum atomic E-state index is 11.5. The van der Waals surface area contributed by atoms with Crippen molar-refractivity contribution >= 4 is 17.9 Å². The van der Waals surface area contributed by atoms with Crippen LogP contribution in [0, 0.1) is 0 Å². The maximum absolute atomic E-state index is 11.5. The number of anilines is 1. The van der Waals surface area contributed by atoms with Gasteiger partial charge in [0.2, 0.25) is 0 Å². The molecule has 20 heavy (non-hydrogen) atoms. The number of carbonyl (C=O) groups excluding carboxylic acids is 1. The van der Waals surface area contributed by atoms with Crippen LogP contribution < -0.4 is 11.1 Å². The van der Waals surface area contributed by atoms with Crippen LogP contribution in [-0.2, 0) is 16.0 Å². The fraction of sp³-hybridized carbons (Fsp3) is 0.462. The standard InChI is InChI=1S/C13H19N3O4/c1-13(2,3)20-12(19)16-10-5-4-8(7-15-10)6-9(14)11(17)18/h4-5,7,9H,6,14H2,1-3H3,(H,17,18)(H,15,16,19). The number of nitrogens with zero attached hydrogens (tertiary/aromatic N) is 1. The highest BCUT2D eigenvalue weighted by Crippen LogP contribution is 2.11. The Morgan fingerprint density at radius 1 is 1.45 bits per heavy atom. The average molecular weight is 281 g/mol. The van der Waals surface area contributed by atoms with Crippen LogP contribution in [0.2, 0.25) is 0 Å². The number of ether oxygens (including phenoxy) is 1. The topological polar surface area (TPSA) is 115 Å². The van der Waals surface area contributed by atoms with Gasteiger partial charge >= 0.3 is 12.1 Å². The molecule has 1 aromatic rings. The van der Waals surface area contributed by atoms with Crippen molar-refractivity contribution in [2.24, 2.45) is 5.73 Å². The van der Waals surface area contributed by atoms with Crippen LogP contribution >= 0.6 is 0 Å². The first kappa shape index (κ1) is 15.9. The van der Waals surface area contributed by atoms with E-state index in [1.807, 2.05) is 0 Å². The summed E-state index contributed by atoms with van der Waals surface area (Å²) in [5, 5.41) is 11.2. The van der Waals surface area contributed by atoms with Gasteiger partial charge in [0.1, 0.15) is 17.5 Å². The van der Waals surface area contributed by atoms with Crippen molar-refractivity contribution < 1.29 is 19.4 Å². The third-order valence-electron chi connectivity index (χ3n) is 2.23. The molecule has 0 radical (unpaired) electrons. The normalized spacial score (nSPS) is 12.6. The van der Waals surface area contributed by atoms with Crippen LogP contribution in [0.5, 0.6) is 0 Å². The fourth-order valence-corrected chi connectivity index (χ4v) is 1.37. The number of pyridine rings is 1. The van der Waals surface area contributed by atoms with Gasteiger partial charge in [-0.15, -0.1) is 0 Å². The SMILES string of the molecule is CC(C)(C)OC(=O)Nc1ccc(CC(N)C(=O)O)cn1. The zero-order chi connectivity index (χ0) is 15.3. The molecule has 0 aromatic carbocycles. The van der Waals surface area contributed by atoms with E-state index in [4.69, 9.17) is 15.6 Å². The third kappa shape index (κ3) is 5.66. The lowest BCUT2D eigenvalue weighted by atomic mass is 10.1. The molecule has 1 rings (SSSR count). The number of nitrogens with two attached hydrogens (primary N) is 1. The quantitative estimate of drug-likeness (QED) is 0.768. The second kappa shape index (κ2) is 6.33. The Bertz CT molecular complexity index is 479. The molecule has 0 saturated carbocycles. The van der Waals surface area contributed by atoms with Crippen molar-refractivity contribution in [3.05, 3.63) is 23.9 Å². The molecule has 1 aromatic heterocycles. The van der Waals surface area contributed by atoms with Crippen molar-refractivity contribution in [2.75, 3.05) is 5.32 Å². The van der Waals surface area contributed by atoms with Crippen molar-refractivity contribution in [3.8, 4) is 0 Å². The monoisotopic (exact) mass is 281 g/mol. The van der Waals surface area contributed by atoms with Crippen molar-refractivity contribution in [1.29, 1.82) is 0 Å². The molecule has 7 heteroatoms. The molecule has 1 heterocycles. The minimum Gasteiger partial charge on any atom is -0.480 e. The summed E-state index contributed by atoms with van der Waals surface area (Å²) in [5.74, 6) is -0.743. The molecule has 1 amide bonds. The summed E-state index contributed by atoms with van der Waals surface area (Å²) in [6, 6.07) is 2.25. The summed E-state index contributed by atoms with van der Waals surface area (Å²) in [5.41, 5.74) is 5.51. The molecule has 1 unspecified atom stereocenters. The molecule has 0 aliphatic heterocycles. The summed E-state index contributed by atoms with van der Waals surface area (Å²) >= 11 is 0. The average Bonchev–Trinajstić information content (AvgIpc) is 2.28.